The number of aliphatic hydroxyl groups is 1. The molecule has 2 aromatic rings. The standard InChI is InChI=1S/C19H20FNO3/c1-12(11-18(23)15-7-9-17(20)10-8-15)21-19(24)16-5-3-14(4-6-16)13(2)22/h3-10,12,18,23H,11H2,1-2H3,(H,21,24). The van der Waals surface area contributed by atoms with E-state index >= 15 is 0 Å². The Labute approximate surface area is 140 Å². The largest absolute Gasteiger partial charge is 0.388 e. The van der Waals surface area contributed by atoms with E-state index in [-0.39, 0.29) is 23.5 Å². The van der Waals surface area contributed by atoms with E-state index in [1.54, 1.807) is 31.2 Å². The molecule has 0 saturated carbocycles. The van der Waals surface area contributed by atoms with Gasteiger partial charge in [0.25, 0.3) is 5.91 Å². The molecule has 1 amide bonds. The van der Waals surface area contributed by atoms with Crippen LogP contribution in [-0.2, 0) is 0 Å². The van der Waals surface area contributed by atoms with Crippen molar-refractivity contribution in [1.82, 2.24) is 5.32 Å². The van der Waals surface area contributed by atoms with E-state index in [9.17, 15) is 19.1 Å². The number of carbonyl (C=O) groups excluding carboxylic acids is 2. The van der Waals surface area contributed by atoms with Gasteiger partial charge in [0.2, 0.25) is 0 Å². The number of halogens is 1. The average molecular weight is 329 g/mol. The SMILES string of the molecule is CC(=O)c1ccc(C(=O)NC(C)CC(O)c2ccc(F)cc2)cc1. The van der Waals surface area contributed by atoms with E-state index in [1.807, 2.05) is 0 Å². The summed E-state index contributed by atoms with van der Waals surface area (Å²) in [5.41, 5.74) is 1.60. The number of amides is 1. The molecule has 2 atom stereocenters. The first-order valence-corrected chi connectivity index (χ1v) is 7.72. The normalized spacial score (nSPS) is 13.2. The predicted octanol–water partition coefficient (Wildman–Crippen LogP) is 3.27. The van der Waals surface area contributed by atoms with Crippen LogP contribution in [0.3, 0.4) is 0 Å². The van der Waals surface area contributed by atoms with Crippen molar-refractivity contribution < 1.29 is 19.1 Å². The summed E-state index contributed by atoms with van der Waals surface area (Å²) >= 11 is 0. The van der Waals surface area contributed by atoms with E-state index < -0.39 is 6.10 Å². The molecule has 0 aliphatic rings. The topological polar surface area (TPSA) is 66.4 Å². The van der Waals surface area contributed by atoms with Gasteiger partial charge in [0.05, 0.1) is 6.10 Å². The van der Waals surface area contributed by atoms with Gasteiger partial charge in [-0.05, 0) is 50.1 Å². The average Bonchev–Trinajstić information content (AvgIpc) is 2.55. The van der Waals surface area contributed by atoms with Gasteiger partial charge >= 0.3 is 0 Å². The van der Waals surface area contributed by atoms with Gasteiger partial charge in [0.15, 0.2) is 5.78 Å². The Bertz CT molecular complexity index is 710. The van der Waals surface area contributed by atoms with Gasteiger partial charge in [0, 0.05) is 17.2 Å². The quantitative estimate of drug-likeness (QED) is 0.799. The Balaban J connectivity index is 1.93. The van der Waals surface area contributed by atoms with Crippen LogP contribution in [0, 0.1) is 5.82 Å². The molecule has 0 aliphatic heterocycles. The Kier molecular flexibility index (Phi) is 5.82. The fourth-order valence-corrected chi connectivity index (χ4v) is 2.38. The van der Waals surface area contributed by atoms with Crippen LogP contribution >= 0.6 is 0 Å². The van der Waals surface area contributed by atoms with Crippen LogP contribution in [0.5, 0.6) is 0 Å². The molecule has 2 rings (SSSR count). The molecule has 2 aromatic carbocycles. The smallest absolute Gasteiger partial charge is 0.251 e. The van der Waals surface area contributed by atoms with Gasteiger partial charge < -0.3 is 10.4 Å². The van der Waals surface area contributed by atoms with Gasteiger partial charge in [-0.2, -0.15) is 0 Å². The lowest BCUT2D eigenvalue weighted by Gasteiger charge is -2.18. The molecular weight excluding hydrogens is 309 g/mol. The summed E-state index contributed by atoms with van der Waals surface area (Å²) in [7, 11) is 0. The maximum atomic E-state index is 12.9. The number of benzene rings is 2. The number of ketones is 1. The molecule has 24 heavy (non-hydrogen) atoms. The molecule has 126 valence electrons. The molecule has 2 N–H and O–H groups in total. The minimum absolute atomic E-state index is 0.0576. The van der Waals surface area contributed by atoms with Crippen molar-refractivity contribution >= 4 is 11.7 Å². The van der Waals surface area contributed by atoms with Crippen molar-refractivity contribution in [2.24, 2.45) is 0 Å². The van der Waals surface area contributed by atoms with E-state index in [0.29, 0.717) is 23.1 Å². The van der Waals surface area contributed by atoms with Crippen molar-refractivity contribution in [3.63, 3.8) is 0 Å². The lowest BCUT2D eigenvalue weighted by Crippen LogP contribution is -2.33. The third-order valence-electron chi connectivity index (χ3n) is 3.76. The summed E-state index contributed by atoms with van der Waals surface area (Å²) in [6, 6.07) is 11.8. The molecule has 4 nitrogen and oxygen atoms in total. The second-order valence-electron chi connectivity index (χ2n) is 5.81. The van der Waals surface area contributed by atoms with Gasteiger partial charge in [-0.3, -0.25) is 9.59 Å². The zero-order valence-electron chi connectivity index (χ0n) is 13.6. The predicted molar refractivity (Wildman–Crippen MR) is 89.4 cm³/mol. The molecule has 0 saturated heterocycles. The highest BCUT2D eigenvalue weighted by Crippen LogP contribution is 2.18. The highest BCUT2D eigenvalue weighted by atomic mass is 19.1. The second kappa shape index (κ2) is 7.84. The van der Waals surface area contributed by atoms with E-state index in [0.717, 1.165) is 0 Å². The number of hydrogen-bond donors (Lipinski definition) is 2. The molecule has 0 fully saturated rings. The van der Waals surface area contributed by atoms with Gasteiger partial charge in [-0.15, -0.1) is 0 Å². The van der Waals surface area contributed by atoms with Crippen molar-refractivity contribution in [3.8, 4) is 0 Å². The van der Waals surface area contributed by atoms with Crippen LogP contribution in [0.4, 0.5) is 4.39 Å². The summed E-state index contributed by atoms with van der Waals surface area (Å²) in [6.07, 6.45) is -0.482. The van der Waals surface area contributed by atoms with E-state index in [1.165, 1.54) is 31.2 Å². The highest BCUT2D eigenvalue weighted by molar-refractivity contribution is 5.97. The molecule has 2 unspecified atom stereocenters. The minimum atomic E-state index is -0.791. The molecule has 0 aromatic heterocycles. The van der Waals surface area contributed by atoms with Gasteiger partial charge in [-0.25, -0.2) is 4.39 Å². The Hall–Kier alpha value is -2.53. The van der Waals surface area contributed by atoms with Gasteiger partial charge in [0.1, 0.15) is 5.82 Å². The zero-order chi connectivity index (χ0) is 17.7. The molecule has 0 aliphatic carbocycles. The van der Waals surface area contributed by atoms with Crippen LogP contribution in [0.25, 0.3) is 0 Å². The minimum Gasteiger partial charge on any atom is -0.388 e. The molecular formula is C19H20FNO3. The Morgan fingerprint density at radius 1 is 1.04 bits per heavy atom. The van der Waals surface area contributed by atoms with Crippen molar-refractivity contribution in [1.29, 1.82) is 0 Å². The summed E-state index contributed by atoms with van der Waals surface area (Å²) in [5, 5.41) is 13.0. The van der Waals surface area contributed by atoms with Crippen LogP contribution < -0.4 is 5.32 Å². The van der Waals surface area contributed by atoms with Crippen molar-refractivity contribution in [3.05, 3.63) is 71.0 Å². The maximum absolute atomic E-state index is 12.9. The number of aliphatic hydroxyl groups excluding tert-OH is 1. The lowest BCUT2D eigenvalue weighted by molar-refractivity contribution is 0.0915. The summed E-state index contributed by atoms with van der Waals surface area (Å²) < 4.78 is 12.9. The molecule has 0 radical (unpaired) electrons. The number of nitrogens with one attached hydrogen (secondary N) is 1. The molecule has 5 heteroatoms. The zero-order valence-corrected chi connectivity index (χ0v) is 13.6. The highest BCUT2D eigenvalue weighted by Gasteiger charge is 2.15. The summed E-state index contributed by atoms with van der Waals surface area (Å²) in [6.45, 7) is 3.25. The Morgan fingerprint density at radius 3 is 2.12 bits per heavy atom. The van der Waals surface area contributed by atoms with E-state index in [2.05, 4.69) is 5.32 Å². The van der Waals surface area contributed by atoms with Crippen molar-refractivity contribution in [2.75, 3.05) is 0 Å². The fraction of sp³-hybridized carbons (Fsp3) is 0.263. The summed E-state index contributed by atoms with van der Waals surface area (Å²) in [5.74, 6) is -0.692. The first-order chi connectivity index (χ1) is 11.4. The van der Waals surface area contributed by atoms with E-state index in [4.69, 9.17) is 0 Å². The van der Waals surface area contributed by atoms with Crippen LogP contribution in [-0.4, -0.2) is 22.8 Å². The molecule has 0 spiro atoms. The third kappa shape index (κ3) is 4.73. The number of carbonyl (C=O) groups is 2. The van der Waals surface area contributed by atoms with Gasteiger partial charge in [-0.1, -0.05) is 24.3 Å². The maximum Gasteiger partial charge on any atom is 0.251 e. The first kappa shape index (κ1) is 17.8. The van der Waals surface area contributed by atoms with Crippen LogP contribution in [0.15, 0.2) is 48.5 Å². The number of hydrogen-bond acceptors (Lipinski definition) is 3. The number of Topliss-reactive ketones (excluding diaryl/α,β-unsaturated/α-hetero) is 1. The number of rotatable bonds is 6. The second-order valence-corrected chi connectivity index (χ2v) is 5.81. The van der Waals surface area contributed by atoms with Crippen LogP contribution in [0.2, 0.25) is 0 Å². The first-order valence-electron chi connectivity index (χ1n) is 7.72. The van der Waals surface area contributed by atoms with Crippen LogP contribution in [0.1, 0.15) is 52.7 Å². The monoisotopic (exact) mass is 329 g/mol. The third-order valence-corrected chi connectivity index (χ3v) is 3.76. The molecule has 0 heterocycles. The summed E-state index contributed by atoms with van der Waals surface area (Å²) in [4.78, 5) is 23.4. The fourth-order valence-electron chi connectivity index (χ4n) is 2.38. The molecule has 0 bridgehead atoms. The lowest BCUT2D eigenvalue weighted by atomic mass is 10.0. The Morgan fingerprint density at radius 2 is 1.58 bits per heavy atom. The van der Waals surface area contributed by atoms with Crippen molar-refractivity contribution in [2.45, 2.75) is 32.4 Å².